The van der Waals surface area contributed by atoms with Crippen LogP contribution in [0.15, 0.2) is 24.3 Å². The van der Waals surface area contributed by atoms with Gasteiger partial charge in [0.25, 0.3) is 0 Å². The summed E-state index contributed by atoms with van der Waals surface area (Å²) in [6.45, 7) is 3.41. The fourth-order valence-corrected chi connectivity index (χ4v) is 4.13. The van der Waals surface area contributed by atoms with Crippen molar-refractivity contribution in [2.24, 2.45) is 0 Å². The van der Waals surface area contributed by atoms with Crippen LogP contribution in [0.2, 0.25) is 0 Å². The average molecular weight is 338 g/mol. The number of imidazole rings is 1. The monoisotopic (exact) mass is 338 g/mol. The number of nitrogens with zero attached hydrogens (tertiary/aromatic N) is 3. The zero-order chi connectivity index (χ0) is 16.3. The van der Waals surface area contributed by atoms with Crippen molar-refractivity contribution >= 4 is 21.1 Å². The minimum absolute atomic E-state index is 0.0487. The Kier molecular flexibility index (Phi) is 4.96. The third-order valence-electron chi connectivity index (χ3n) is 4.08. The molecule has 1 aromatic carbocycles. The van der Waals surface area contributed by atoms with Crippen LogP contribution in [0, 0.1) is 0 Å². The van der Waals surface area contributed by atoms with Gasteiger partial charge in [0.1, 0.15) is 5.82 Å². The molecule has 2 aromatic rings. The van der Waals surface area contributed by atoms with Gasteiger partial charge in [0.05, 0.1) is 29.9 Å². The van der Waals surface area contributed by atoms with Crippen molar-refractivity contribution in [1.82, 2.24) is 19.2 Å². The summed E-state index contributed by atoms with van der Waals surface area (Å²) in [6.07, 6.45) is 0. The first-order valence-electron chi connectivity index (χ1n) is 7.71. The normalized spacial score (nSPS) is 17.8. The summed E-state index contributed by atoms with van der Waals surface area (Å²) in [7, 11) is -1.69. The standard InChI is InChI=1S/C15H22N4O3S/c1-22-10-11-23(20,21)19-8-6-18(7-9-19)12-15-16-13-4-2-3-5-14(13)17-15/h2-5H,6-12H2,1H3,(H,16,17). The van der Waals surface area contributed by atoms with Crippen LogP contribution in [-0.4, -0.2) is 73.2 Å². The molecule has 0 unspecified atom stereocenters. The van der Waals surface area contributed by atoms with Crippen molar-refractivity contribution in [2.75, 3.05) is 45.6 Å². The first kappa shape index (κ1) is 16.4. The van der Waals surface area contributed by atoms with Gasteiger partial charge in [0, 0.05) is 33.3 Å². The lowest BCUT2D eigenvalue weighted by Gasteiger charge is -2.33. The van der Waals surface area contributed by atoms with Crippen molar-refractivity contribution in [1.29, 1.82) is 0 Å². The van der Waals surface area contributed by atoms with Gasteiger partial charge in [-0.2, -0.15) is 4.31 Å². The average Bonchev–Trinajstić information content (AvgIpc) is 2.95. The Morgan fingerprint density at radius 1 is 1.22 bits per heavy atom. The molecule has 1 fully saturated rings. The Bertz CT molecular complexity index is 718. The molecule has 8 heteroatoms. The van der Waals surface area contributed by atoms with Gasteiger partial charge in [-0.25, -0.2) is 13.4 Å². The van der Waals surface area contributed by atoms with E-state index >= 15 is 0 Å². The predicted molar refractivity (Wildman–Crippen MR) is 88.6 cm³/mol. The topological polar surface area (TPSA) is 78.5 Å². The van der Waals surface area contributed by atoms with E-state index in [2.05, 4.69) is 14.9 Å². The van der Waals surface area contributed by atoms with Crippen LogP contribution in [0.1, 0.15) is 5.82 Å². The molecule has 0 amide bonds. The largest absolute Gasteiger partial charge is 0.384 e. The summed E-state index contributed by atoms with van der Waals surface area (Å²) in [6, 6.07) is 7.94. The molecule has 0 saturated carbocycles. The van der Waals surface area contributed by atoms with Gasteiger partial charge >= 0.3 is 0 Å². The number of benzene rings is 1. The first-order chi connectivity index (χ1) is 11.1. The number of hydrogen-bond donors (Lipinski definition) is 1. The molecule has 7 nitrogen and oxygen atoms in total. The van der Waals surface area contributed by atoms with Gasteiger partial charge < -0.3 is 9.72 Å². The number of methoxy groups -OCH3 is 1. The van der Waals surface area contributed by atoms with Crippen LogP contribution in [0.3, 0.4) is 0 Å². The van der Waals surface area contributed by atoms with Crippen LogP contribution in [0.25, 0.3) is 11.0 Å². The zero-order valence-corrected chi connectivity index (χ0v) is 14.1. The summed E-state index contributed by atoms with van der Waals surface area (Å²) in [5, 5.41) is 0. The maximum absolute atomic E-state index is 12.1. The molecule has 1 aromatic heterocycles. The van der Waals surface area contributed by atoms with Gasteiger partial charge in [-0.3, -0.25) is 4.90 Å². The lowest BCUT2D eigenvalue weighted by atomic mass is 10.3. The number of hydrogen-bond acceptors (Lipinski definition) is 5. The molecule has 0 radical (unpaired) electrons. The highest BCUT2D eigenvalue weighted by Crippen LogP contribution is 2.14. The highest BCUT2D eigenvalue weighted by atomic mass is 32.2. The highest BCUT2D eigenvalue weighted by molar-refractivity contribution is 7.89. The van der Waals surface area contributed by atoms with E-state index in [4.69, 9.17) is 4.74 Å². The minimum atomic E-state index is -3.20. The first-order valence-corrected chi connectivity index (χ1v) is 9.32. The number of nitrogens with one attached hydrogen (secondary N) is 1. The van der Waals surface area contributed by atoms with Crippen LogP contribution in [-0.2, 0) is 21.3 Å². The van der Waals surface area contributed by atoms with Crippen LogP contribution >= 0.6 is 0 Å². The molecule has 2 heterocycles. The molecule has 3 rings (SSSR count). The molecular formula is C15H22N4O3S. The molecule has 0 atom stereocenters. The summed E-state index contributed by atoms with van der Waals surface area (Å²) >= 11 is 0. The molecule has 1 saturated heterocycles. The van der Waals surface area contributed by atoms with E-state index in [9.17, 15) is 8.42 Å². The molecule has 0 bridgehead atoms. The Hall–Kier alpha value is -1.48. The van der Waals surface area contributed by atoms with Crippen molar-refractivity contribution in [3.8, 4) is 0 Å². The second-order valence-corrected chi connectivity index (χ2v) is 7.77. The number of para-hydroxylation sites is 2. The van der Waals surface area contributed by atoms with Crippen molar-refractivity contribution in [3.05, 3.63) is 30.1 Å². The third-order valence-corrected chi connectivity index (χ3v) is 5.92. The van der Waals surface area contributed by atoms with Gasteiger partial charge in [0.15, 0.2) is 0 Å². The van der Waals surface area contributed by atoms with E-state index in [0.29, 0.717) is 32.7 Å². The minimum Gasteiger partial charge on any atom is -0.384 e. The smallest absolute Gasteiger partial charge is 0.216 e. The molecule has 1 aliphatic heterocycles. The van der Waals surface area contributed by atoms with E-state index in [1.807, 2.05) is 24.3 Å². The maximum atomic E-state index is 12.1. The lowest BCUT2D eigenvalue weighted by molar-refractivity contribution is 0.176. The van der Waals surface area contributed by atoms with Crippen LogP contribution in [0.5, 0.6) is 0 Å². The predicted octanol–water partition coefficient (Wildman–Crippen LogP) is 0.657. The molecule has 126 valence electrons. The zero-order valence-electron chi connectivity index (χ0n) is 13.2. The number of rotatable bonds is 6. The quantitative estimate of drug-likeness (QED) is 0.837. The number of aromatic amines is 1. The highest BCUT2D eigenvalue weighted by Gasteiger charge is 2.26. The second kappa shape index (κ2) is 6.96. The fraction of sp³-hybridized carbons (Fsp3) is 0.533. The second-order valence-electron chi connectivity index (χ2n) is 5.68. The van der Waals surface area contributed by atoms with Crippen LogP contribution < -0.4 is 0 Å². The summed E-state index contributed by atoms with van der Waals surface area (Å²) < 4.78 is 30.7. The molecule has 1 aliphatic rings. The molecule has 23 heavy (non-hydrogen) atoms. The van der Waals surface area contributed by atoms with E-state index in [-0.39, 0.29) is 12.4 Å². The third kappa shape index (κ3) is 3.89. The number of aromatic nitrogens is 2. The van der Waals surface area contributed by atoms with E-state index in [1.165, 1.54) is 7.11 Å². The van der Waals surface area contributed by atoms with Gasteiger partial charge in [0.2, 0.25) is 10.0 Å². The summed E-state index contributed by atoms with van der Waals surface area (Å²) in [4.78, 5) is 10.1. The van der Waals surface area contributed by atoms with Crippen molar-refractivity contribution in [2.45, 2.75) is 6.54 Å². The summed E-state index contributed by atoms with van der Waals surface area (Å²) in [5.41, 5.74) is 1.99. The number of H-pyrrole nitrogens is 1. The SMILES string of the molecule is COCCS(=O)(=O)N1CCN(Cc2nc3ccccc3[nH]2)CC1. The lowest BCUT2D eigenvalue weighted by Crippen LogP contribution is -2.49. The molecule has 0 aliphatic carbocycles. The number of ether oxygens (including phenoxy) is 1. The Morgan fingerprint density at radius 3 is 2.65 bits per heavy atom. The van der Waals surface area contributed by atoms with Gasteiger partial charge in [-0.1, -0.05) is 12.1 Å². The van der Waals surface area contributed by atoms with Crippen molar-refractivity contribution < 1.29 is 13.2 Å². The summed E-state index contributed by atoms with van der Waals surface area (Å²) in [5.74, 6) is 0.967. The van der Waals surface area contributed by atoms with E-state index < -0.39 is 10.0 Å². The van der Waals surface area contributed by atoms with Crippen molar-refractivity contribution in [3.63, 3.8) is 0 Å². The molecule has 1 N–H and O–H groups in total. The Morgan fingerprint density at radius 2 is 1.96 bits per heavy atom. The van der Waals surface area contributed by atoms with E-state index in [1.54, 1.807) is 4.31 Å². The van der Waals surface area contributed by atoms with Crippen LogP contribution in [0.4, 0.5) is 0 Å². The number of piperazine rings is 1. The molecule has 0 spiro atoms. The number of sulfonamides is 1. The molecular weight excluding hydrogens is 316 g/mol. The fourth-order valence-electron chi connectivity index (χ4n) is 2.78. The van der Waals surface area contributed by atoms with E-state index in [0.717, 1.165) is 16.9 Å². The maximum Gasteiger partial charge on any atom is 0.216 e. The Labute approximate surface area is 136 Å². The van der Waals surface area contributed by atoms with Gasteiger partial charge in [-0.05, 0) is 12.1 Å². The van der Waals surface area contributed by atoms with Gasteiger partial charge in [-0.15, -0.1) is 0 Å². The Balaban J connectivity index is 1.56. The number of fused-ring (bicyclic) bond motifs is 1.